The lowest BCUT2D eigenvalue weighted by Crippen LogP contribution is -2.15. The highest BCUT2D eigenvalue weighted by molar-refractivity contribution is 7.20. The number of hydrogen-bond acceptors (Lipinski definition) is 7. The lowest BCUT2D eigenvalue weighted by molar-refractivity contribution is -0.131. The molecule has 1 amide bonds. The molecule has 0 aliphatic carbocycles. The van der Waals surface area contributed by atoms with Crippen LogP contribution in [0.4, 0.5) is 5.82 Å². The highest BCUT2D eigenvalue weighted by atomic mass is 32.1. The maximum absolute atomic E-state index is 12.7. The number of carbonyl (C=O) groups is 2. The molecule has 4 rings (SSSR count). The molecule has 30 heavy (non-hydrogen) atoms. The number of aryl methyl sites for hydroxylation is 1. The summed E-state index contributed by atoms with van der Waals surface area (Å²) in [4.78, 5) is 28.3. The van der Waals surface area contributed by atoms with Gasteiger partial charge in [0.25, 0.3) is 5.91 Å². The van der Waals surface area contributed by atoms with Crippen LogP contribution in [0, 0.1) is 6.92 Å². The second-order valence-electron chi connectivity index (χ2n) is 6.49. The molecule has 0 fully saturated rings. The zero-order chi connectivity index (χ0) is 21.3. The second kappa shape index (κ2) is 7.96. The molecule has 2 aromatic heterocycles. The lowest BCUT2D eigenvalue weighted by Gasteiger charge is -2.07. The minimum absolute atomic E-state index is 0.312. The van der Waals surface area contributed by atoms with Crippen LogP contribution in [0.15, 0.2) is 48.5 Å². The number of carbonyl (C=O) groups excluding carboxylic acids is 2. The van der Waals surface area contributed by atoms with Crippen molar-refractivity contribution in [3.8, 4) is 16.6 Å². The highest BCUT2D eigenvalue weighted by Gasteiger charge is 2.16. The SMILES string of the molecule is COc1ccc2nc(-n3nc(C)cc3NC(=O)c3ccc(OC(C)=O)cc3)sc2c1. The van der Waals surface area contributed by atoms with Crippen LogP contribution in [0.25, 0.3) is 15.3 Å². The Balaban J connectivity index is 1.60. The first-order chi connectivity index (χ1) is 14.4. The fourth-order valence-electron chi connectivity index (χ4n) is 2.87. The normalized spacial score (nSPS) is 10.8. The predicted molar refractivity (Wildman–Crippen MR) is 114 cm³/mol. The van der Waals surface area contributed by atoms with Gasteiger partial charge in [-0.1, -0.05) is 11.3 Å². The largest absolute Gasteiger partial charge is 0.497 e. The molecular formula is C21H18N4O4S. The van der Waals surface area contributed by atoms with Crippen molar-refractivity contribution in [2.75, 3.05) is 12.4 Å². The van der Waals surface area contributed by atoms with E-state index in [0.29, 0.717) is 22.3 Å². The second-order valence-corrected chi connectivity index (χ2v) is 7.49. The first kappa shape index (κ1) is 19.6. The van der Waals surface area contributed by atoms with E-state index in [1.165, 1.54) is 18.3 Å². The first-order valence-corrected chi connectivity index (χ1v) is 9.86. The quantitative estimate of drug-likeness (QED) is 0.386. The van der Waals surface area contributed by atoms with E-state index in [2.05, 4.69) is 15.4 Å². The number of thiazole rings is 1. The van der Waals surface area contributed by atoms with Crippen LogP contribution < -0.4 is 14.8 Å². The third-order valence-electron chi connectivity index (χ3n) is 4.22. The number of nitrogens with one attached hydrogen (secondary N) is 1. The van der Waals surface area contributed by atoms with E-state index in [1.807, 2.05) is 25.1 Å². The summed E-state index contributed by atoms with van der Waals surface area (Å²) in [5, 5.41) is 7.97. The van der Waals surface area contributed by atoms with Crippen molar-refractivity contribution in [3.63, 3.8) is 0 Å². The number of anilines is 1. The average Bonchev–Trinajstić information content (AvgIpc) is 3.30. The van der Waals surface area contributed by atoms with Gasteiger partial charge in [0.2, 0.25) is 5.13 Å². The zero-order valence-corrected chi connectivity index (χ0v) is 17.3. The van der Waals surface area contributed by atoms with Crippen LogP contribution in [0.2, 0.25) is 0 Å². The molecule has 0 atom stereocenters. The van der Waals surface area contributed by atoms with E-state index in [0.717, 1.165) is 21.7 Å². The molecule has 0 spiro atoms. The molecule has 0 aliphatic rings. The molecule has 0 unspecified atom stereocenters. The van der Waals surface area contributed by atoms with Crippen LogP contribution in [0.5, 0.6) is 11.5 Å². The van der Waals surface area contributed by atoms with Gasteiger partial charge in [-0.15, -0.1) is 0 Å². The van der Waals surface area contributed by atoms with Crippen LogP contribution in [-0.4, -0.2) is 33.8 Å². The van der Waals surface area contributed by atoms with Crippen molar-refractivity contribution in [2.24, 2.45) is 0 Å². The Kier molecular flexibility index (Phi) is 5.20. The Morgan fingerprint density at radius 1 is 1.07 bits per heavy atom. The van der Waals surface area contributed by atoms with Crippen molar-refractivity contribution >= 4 is 39.2 Å². The maximum atomic E-state index is 12.7. The molecule has 0 saturated heterocycles. The number of methoxy groups -OCH3 is 1. The van der Waals surface area contributed by atoms with E-state index in [9.17, 15) is 9.59 Å². The van der Waals surface area contributed by atoms with Crippen LogP contribution >= 0.6 is 11.3 Å². The van der Waals surface area contributed by atoms with Gasteiger partial charge >= 0.3 is 5.97 Å². The first-order valence-electron chi connectivity index (χ1n) is 9.04. The van der Waals surface area contributed by atoms with Gasteiger partial charge in [0.05, 0.1) is 23.0 Å². The number of aromatic nitrogens is 3. The molecule has 9 heteroatoms. The number of nitrogens with zero attached hydrogens (tertiary/aromatic N) is 3. The monoisotopic (exact) mass is 422 g/mol. The van der Waals surface area contributed by atoms with Gasteiger partial charge in [-0.3, -0.25) is 9.59 Å². The summed E-state index contributed by atoms with van der Waals surface area (Å²) in [6.07, 6.45) is 0. The maximum Gasteiger partial charge on any atom is 0.308 e. The minimum atomic E-state index is -0.417. The van der Waals surface area contributed by atoms with Crippen LogP contribution in [-0.2, 0) is 4.79 Å². The zero-order valence-electron chi connectivity index (χ0n) is 16.5. The van der Waals surface area contributed by atoms with Gasteiger partial charge in [-0.2, -0.15) is 9.78 Å². The molecule has 0 aliphatic heterocycles. The summed E-state index contributed by atoms with van der Waals surface area (Å²) in [5.74, 6) is 0.908. The van der Waals surface area contributed by atoms with E-state index >= 15 is 0 Å². The molecule has 2 heterocycles. The fraction of sp³-hybridized carbons (Fsp3) is 0.143. The Morgan fingerprint density at radius 2 is 1.80 bits per heavy atom. The summed E-state index contributed by atoms with van der Waals surface area (Å²) < 4.78 is 12.8. The standard InChI is InChI=1S/C21H18N4O4S/c1-12-10-19(23-20(27)14-4-6-15(7-5-14)29-13(2)26)25(24-12)21-22-17-9-8-16(28-3)11-18(17)30-21/h4-11H,1-3H3,(H,23,27). The van der Waals surface area contributed by atoms with Crippen molar-refractivity contribution in [1.82, 2.24) is 14.8 Å². The molecule has 2 aromatic carbocycles. The number of benzene rings is 2. The molecule has 0 saturated carbocycles. The number of hydrogen-bond donors (Lipinski definition) is 1. The Bertz CT molecular complexity index is 1240. The molecule has 1 N–H and O–H groups in total. The van der Waals surface area contributed by atoms with E-state index in [-0.39, 0.29) is 5.91 Å². The molecule has 4 aromatic rings. The number of ether oxygens (including phenoxy) is 2. The number of esters is 1. The van der Waals surface area contributed by atoms with E-state index in [1.54, 1.807) is 42.1 Å². The van der Waals surface area contributed by atoms with Gasteiger partial charge < -0.3 is 14.8 Å². The third-order valence-corrected chi connectivity index (χ3v) is 5.21. The van der Waals surface area contributed by atoms with Gasteiger partial charge in [0.15, 0.2) is 0 Å². The van der Waals surface area contributed by atoms with Crippen molar-refractivity contribution in [2.45, 2.75) is 13.8 Å². The van der Waals surface area contributed by atoms with E-state index in [4.69, 9.17) is 9.47 Å². The van der Waals surface area contributed by atoms with E-state index < -0.39 is 5.97 Å². The fourth-order valence-corrected chi connectivity index (χ4v) is 3.83. The highest BCUT2D eigenvalue weighted by Crippen LogP contribution is 2.30. The summed E-state index contributed by atoms with van der Waals surface area (Å²) >= 11 is 1.45. The molecule has 0 radical (unpaired) electrons. The Hall–Kier alpha value is -3.72. The Morgan fingerprint density at radius 3 is 2.50 bits per heavy atom. The predicted octanol–water partition coefficient (Wildman–Crippen LogP) is 3.98. The van der Waals surface area contributed by atoms with Gasteiger partial charge in [0, 0.05) is 18.6 Å². The molecule has 8 nitrogen and oxygen atoms in total. The van der Waals surface area contributed by atoms with Gasteiger partial charge in [0.1, 0.15) is 17.3 Å². The molecule has 0 bridgehead atoms. The summed E-state index contributed by atoms with van der Waals surface area (Å²) in [6, 6.07) is 13.7. The topological polar surface area (TPSA) is 95.3 Å². The van der Waals surface area contributed by atoms with Crippen molar-refractivity contribution in [1.29, 1.82) is 0 Å². The van der Waals surface area contributed by atoms with Gasteiger partial charge in [-0.05, 0) is 49.4 Å². The van der Waals surface area contributed by atoms with Crippen molar-refractivity contribution in [3.05, 3.63) is 59.8 Å². The summed E-state index contributed by atoms with van der Waals surface area (Å²) in [5.41, 5.74) is 1.99. The van der Waals surface area contributed by atoms with Gasteiger partial charge in [-0.25, -0.2) is 4.98 Å². The lowest BCUT2D eigenvalue weighted by atomic mass is 10.2. The Labute approximate surface area is 176 Å². The average molecular weight is 422 g/mol. The number of rotatable bonds is 5. The number of amides is 1. The molecular weight excluding hydrogens is 404 g/mol. The van der Waals surface area contributed by atoms with Crippen LogP contribution in [0.1, 0.15) is 23.0 Å². The van der Waals surface area contributed by atoms with Crippen LogP contribution in [0.3, 0.4) is 0 Å². The molecule has 152 valence electrons. The number of fused-ring (bicyclic) bond motifs is 1. The van der Waals surface area contributed by atoms with Crippen molar-refractivity contribution < 1.29 is 19.1 Å². The summed E-state index contributed by atoms with van der Waals surface area (Å²) in [7, 11) is 1.62. The smallest absolute Gasteiger partial charge is 0.308 e. The third kappa shape index (κ3) is 4.01. The minimum Gasteiger partial charge on any atom is -0.497 e. The summed E-state index contributed by atoms with van der Waals surface area (Å²) in [6.45, 7) is 3.17.